The summed E-state index contributed by atoms with van der Waals surface area (Å²) in [6.45, 7) is 31.7. The Bertz CT molecular complexity index is 1440. The first kappa shape index (κ1) is 48.0. The van der Waals surface area contributed by atoms with Crippen LogP contribution in [0.4, 0.5) is 0 Å². The number of rotatable bonds is 20. The summed E-state index contributed by atoms with van der Waals surface area (Å²) in [6, 6.07) is 20.5. The van der Waals surface area contributed by atoms with E-state index in [2.05, 4.69) is 126 Å². The summed E-state index contributed by atoms with van der Waals surface area (Å²) in [6.07, 6.45) is 6.97. The minimum Gasteiger partial charge on any atom is -0.411 e. The maximum absolute atomic E-state index is 11.4. The summed E-state index contributed by atoms with van der Waals surface area (Å²) in [4.78, 5) is 0. The first-order chi connectivity index (χ1) is 26.9. The van der Waals surface area contributed by atoms with Gasteiger partial charge in [0.15, 0.2) is 14.6 Å². The summed E-state index contributed by atoms with van der Waals surface area (Å²) < 4.78 is 41.0. The van der Waals surface area contributed by atoms with E-state index in [4.69, 9.17) is 27.8 Å². The van der Waals surface area contributed by atoms with E-state index in [9.17, 15) is 5.11 Å². The molecule has 0 amide bonds. The third kappa shape index (κ3) is 13.2. The second-order valence-electron chi connectivity index (χ2n) is 19.6. The predicted molar refractivity (Wildman–Crippen MR) is 239 cm³/mol. The highest BCUT2D eigenvalue weighted by Gasteiger charge is 2.49. The van der Waals surface area contributed by atoms with Crippen LogP contribution in [-0.2, 0) is 34.4 Å². The van der Waals surface area contributed by atoms with E-state index >= 15 is 0 Å². The van der Waals surface area contributed by atoms with Gasteiger partial charge in [-0.15, -0.1) is 0 Å². The molecule has 0 bridgehead atoms. The van der Waals surface area contributed by atoms with Crippen molar-refractivity contribution in [2.45, 2.75) is 193 Å². The number of fused-ring (bicyclic) bond motifs is 1. The van der Waals surface area contributed by atoms with Crippen molar-refractivity contribution in [2.75, 3.05) is 13.2 Å². The number of hydrogen-bond acceptors (Lipinski definition) is 7. The highest BCUT2D eigenvalue weighted by Crippen LogP contribution is 2.45. The normalized spacial score (nSPS) is 24.8. The van der Waals surface area contributed by atoms with Gasteiger partial charge in [-0.25, -0.2) is 0 Å². The van der Waals surface area contributed by atoms with Crippen LogP contribution in [0, 0.1) is 11.8 Å². The van der Waals surface area contributed by atoms with Gasteiger partial charge in [-0.3, -0.25) is 0 Å². The molecule has 2 aromatic carbocycles. The molecule has 322 valence electrons. The molecule has 2 aromatic rings. The summed E-state index contributed by atoms with van der Waals surface area (Å²) in [5.41, 5.74) is 3.52. The molecule has 7 nitrogen and oxygen atoms in total. The molecule has 0 radical (unpaired) electrons. The summed E-state index contributed by atoms with van der Waals surface area (Å²) in [5, 5.41) is 11.5. The summed E-state index contributed by atoms with van der Waals surface area (Å²) in [5.74, 6) is 0.216. The van der Waals surface area contributed by atoms with Gasteiger partial charge in [0.1, 0.15) is 6.10 Å². The number of allylic oxidation sites excluding steroid dienone is 1. The molecule has 9 atom stereocenters. The standard InChI is InChI=1S/C48H80O7Si2/c1-34(2)57(35(3)4,36(5)6)54-41(26-20-21-37(7)46(49)38(8)29-30-50-32-39-22-16-14-17-23-39)31-44-43(55-56(12,13)48(9,10)11)28-27-42-45(52-44)33-51-47(53-42)40-24-18-15-19-25-40/h14-20,22-26,34-38,41-47,49H,21,27-33H2,1-13H3/b26-20-/t37-,38+,41-,42-,43+,44-,45+,46+,47+/m0/s1. The Morgan fingerprint density at radius 3 is 2.02 bits per heavy atom. The Labute approximate surface area is 349 Å². The zero-order chi connectivity index (χ0) is 42.0. The average Bonchev–Trinajstić information content (AvgIpc) is 3.32. The molecule has 2 fully saturated rings. The lowest BCUT2D eigenvalue weighted by Gasteiger charge is -2.45. The van der Waals surface area contributed by atoms with Crippen molar-refractivity contribution in [1.82, 2.24) is 0 Å². The summed E-state index contributed by atoms with van der Waals surface area (Å²) >= 11 is 0. The topological polar surface area (TPSA) is 75.6 Å². The lowest BCUT2D eigenvalue weighted by atomic mass is 9.89. The molecule has 0 aromatic heterocycles. The van der Waals surface area contributed by atoms with Crippen molar-refractivity contribution < 1.29 is 32.9 Å². The third-order valence-electron chi connectivity index (χ3n) is 13.3. The van der Waals surface area contributed by atoms with Crippen molar-refractivity contribution >= 4 is 16.6 Å². The number of benzene rings is 2. The average molecular weight is 825 g/mol. The fraction of sp³-hybridized carbons (Fsp3) is 0.708. The molecule has 4 rings (SSSR count). The van der Waals surface area contributed by atoms with Crippen molar-refractivity contribution in [2.24, 2.45) is 11.8 Å². The molecule has 2 aliphatic heterocycles. The van der Waals surface area contributed by atoms with E-state index in [1.54, 1.807) is 0 Å². The highest BCUT2D eigenvalue weighted by molar-refractivity contribution is 6.77. The number of hydrogen-bond donors (Lipinski definition) is 1. The zero-order valence-corrected chi connectivity index (χ0v) is 39.9. The van der Waals surface area contributed by atoms with E-state index in [-0.39, 0.29) is 47.4 Å². The van der Waals surface area contributed by atoms with Gasteiger partial charge in [0.25, 0.3) is 0 Å². The van der Waals surface area contributed by atoms with Gasteiger partial charge >= 0.3 is 0 Å². The first-order valence-electron chi connectivity index (χ1n) is 22.1. The Balaban J connectivity index is 1.55. The van der Waals surface area contributed by atoms with Crippen LogP contribution in [0.25, 0.3) is 0 Å². The molecular weight excluding hydrogens is 745 g/mol. The maximum atomic E-state index is 11.4. The molecular formula is C48H80O7Si2. The molecule has 0 saturated carbocycles. The van der Waals surface area contributed by atoms with Gasteiger partial charge in [0.05, 0.1) is 43.7 Å². The van der Waals surface area contributed by atoms with Crippen LogP contribution in [0.5, 0.6) is 0 Å². The minimum atomic E-state index is -2.28. The molecule has 57 heavy (non-hydrogen) atoms. The van der Waals surface area contributed by atoms with E-state index in [0.717, 1.165) is 31.2 Å². The lowest BCUT2D eigenvalue weighted by Crippen LogP contribution is -2.52. The van der Waals surface area contributed by atoms with Gasteiger partial charge in [-0.1, -0.05) is 149 Å². The van der Waals surface area contributed by atoms with Crippen LogP contribution < -0.4 is 0 Å². The van der Waals surface area contributed by atoms with Crippen LogP contribution in [-0.4, -0.2) is 71.6 Å². The van der Waals surface area contributed by atoms with Gasteiger partial charge in [-0.2, -0.15) is 0 Å². The van der Waals surface area contributed by atoms with Crippen molar-refractivity contribution in [3.8, 4) is 0 Å². The van der Waals surface area contributed by atoms with Crippen molar-refractivity contribution in [1.29, 1.82) is 0 Å². The quantitative estimate of drug-likeness (QED) is 0.0809. The molecule has 9 heteroatoms. The molecule has 0 aliphatic carbocycles. The van der Waals surface area contributed by atoms with E-state index < -0.39 is 29.0 Å². The van der Waals surface area contributed by atoms with Gasteiger partial charge in [-0.05, 0) is 77.8 Å². The molecule has 2 heterocycles. The Kier molecular flexibility index (Phi) is 18.3. The maximum Gasteiger partial charge on any atom is 0.201 e. The van der Waals surface area contributed by atoms with E-state index in [1.165, 1.54) is 5.56 Å². The summed E-state index contributed by atoms with van der Waals surface area (Å²) in [7, 11) is -4.43. The Morgan fingerprint density at radius 1 is 0.807 bits per heavy atom. The smallest absolute Gasteiger partial charge is 0.201 e. The highest BCUT2D eigenvalue weighted by atomic mass is 28.4. The van der Waals surface area contributed by atoms with Crippen LogP contribution >= 0.6 is 0 Å². The fourth-order valence-electron chi connectivity index (χ4n) is 8.88. The van der Waals surface area contributed by atoms with Crippen LogP contribution in [0.3, 0.4) is 0 Å². The van der Waals surface area contributed by atoms with Crippen LogP contribution in [0.15, 0.2) is 72.8 Å². The van der Waals surface area contributed by atoms with Gasteiger partial charge in [0, 0.05) is 18.6 Å². The molecule has 0 unspecified atom stereocenters. The molecule has 2 saturated heterocycles. The zero-order valence-electron chi connectivity index (χ0n) is 37.9. The first-order valence-corrected chi connectivity index (χ1v) is 27.2. The minimum absolute atomic E-state index is 0.0571. The SMILES string of the molecule is CC(C)[Si](O[C@@H](/C=C\C[C@H](C)[C@@H](O)[C@H](C)CCOCc1ccccc1)C[C@@H]1O[C@@H]2CO[C@@H](c3ccccc3)O[C@H]2CC[C@H]1O[Si](C)(C)C(C)(C)C)(C(C)C)C(C)C. The number of ether oxygens (including phenoxy) is 4. The Morgan fingerprint density at radius 2 is 1.42 bits per heavy atom. The second-order valence-corrected chi connectivity index (χ2v) is 29.8. The molecule has 0 spiro atoms. The van der Waals surface area contributed by atoms with Crippen LogP contribution in [0.2, 0.25) is 34.8 Å². The van der Waals surface area contributed by atoms with E-state index in [0.29, 0.717) is 42.9 Å². The number of aliphatic hydroxyl groups is 1. The second kappa shape index (κ2) is 21.7. The molecule has 1 N–H and O–H groups in total. The van der Waals surface area contributed by atoms with Crippen molar-refractivity contribution in [3.05, 3.63) is 83.9 Å². The fourth-order valence-corrected chi connectivity index (χ4v) is 15.8. The Hall–Kier alpha value is -1.67. The van der Waals surface area contributed by atoms with Crippen LogP contribution in [0.1, 0.15) is 126 Å². The third-order valence-corrected chi connectivity index (χ3v) is 24.0. The van der Waals surface area contributed by atoms with Crippen molar-refractivity contribution in [3.63, 3.8) is 0 Å². The van der Waals surface area contributed by atoms with Gasteiger partial charge in [0.2, 0.25) is 8.32 Å². The molecule has 2 aliphatic rings. The van der Waals surface area contributed by atoms with Gasteiger partial charge < -0.3 is 32.9 Å². The monoisotopic (exact) mass is 825 g/mol. The lowest BCUT2D eigenvalue weighted by molar-refractivity contribution is -0.271. The predicted octanol–water partition coefficient (Wildman–Crippen LogP) is 12.2. The van der Waals surface area contributed by atoms with E-state index in [1.807, 2.05) is 36.4 Å². The number of aliphatic hydroxyl groups excluding tert-OH is 1. The largest absolute Gasteiger partial charge is 0.411 e.